The number of fused-ring (bicyclic) bond motifs is 2. The number of morpholine rings is 1. The van der Waals surface area contributed by atoms with Crippen LogP contribution < -0.4 is 24.4 Å². The summed E-state index contributed by atoms with van der Waals surface area (Å²) in [4.78, 5) is 40.3. The number of amides is 1. The summed E-state index contributed by atoms with van der Waals surface area (Å²) in [5.41, 5.74) is 4.39. The minimum absolute atomic E-state index is 0.0240. The van der Waals surface area contributed by atoms with Gasteiger partial charge in [-0.1, -0.05) is 38.1 Å². The number of benzene rings is 3. The Balaban J connectivity index is 0.859. The van der Waals surface area contributed by atoms with Gasteiger partial charge in [-0.2, -0.15) is 0 Å². The van der Waals surface area contributed by atoms with Gasteiger partial charge in [-0.05, 0) is 91.8 Å². The van der Waals surface area contributed by atoms with Crippen LogP contribution in [0.2, 0.25) is 0 Å². The summed E-state index contributed by atoms with van der Waals surface area (Å²) in [6, 6.07) is 20.9. The minimum atomic E-state index is -4.65. The molecule has 1 spiro atoms. The van der Waals surface area contributed by atoms with E-state index in [1.54, 1.807) is 30.6 Å². The van der Waals surface area contributed by atoms with Crippen molar-refractivity contribution in [2.45, 2.75) is 87.7 Å². The molecule has 348 valence electrons. The Labute approximate surface area is 385 Å². The first-order valence-corrected chi connectivity index (χ1v) is 24.8. The zero-order chi connectivity index (χ0) is 45.6. The third kappa shape index (κ3) is 8.93. The molecule has 16 nitrogen and oxygen atoms in total. The number of rotatable bonds is 12. The molecule has 3 N–H and O–H groups in total. The smallest absolute Gasteiger partial charge is 0.297 e. The third-order valence-corrected chi connectivity index (χ3v) is 15.8. The van der Waals surface area contributed by atoms with Gasteiger partial charge < -0.3 is 29.4 Å². The predicted octanol–water partition coefficient (Wildman–Crippen LogP) is 7.99. The van der Waals surface area contributed by atoms with Gasteiger partial charge in [0.1, 0.15) is 17.1 Å². The van der Waals surface area contributed by atoms with Crippen molar-refractivity contribution in [2.75, 3.05) is 69.3 Å². The van der Waals surface area contributed by atoms with Crippen molar-refractivity contribution in [2.24, 2.45) is 5.41 Å². The van der Waals surface area contributed by atoms with Crippen LogP contribution >= 0.6 is 0 Å². The maximum Gasteiger partial charge on any atom is 0.297 e. The molecule has 3 aromatic carbocycles. The van der Waals surface area contributed by atoms with E-state index in [1.807, 2.05) is 12.1 Å². The van der Waals surface area contributed by atoms with Crippen LogP contribution in [0.25, 0.3) is 11.0 Å². The Morgan fingerprint density at radius 2 is 1.80 bits per heavy atom. The molecular formula is C49H58N8O8S. The molecule has 2 atom stereocenters. The number of hydrogen-bond donors (Lipinski definition) is 3. The van der Waals surface area contributed by atoms with Gasteiger partial charge in [-0.25, -0.2) is 18.1 Å². The van der Waals surface area contributed by atoms with E-state index in [2.05, 4.69) is 72.8 Å². The van der Waals surface area contributed by atoms with Crippen LogP contribution in [0.15, 0.2) is 84.0 Å². The maximum absolute atomic E-state index is 14.1. The monoisotopic (exact) mass is 918 g/mol. The Hall–Kier alpha value is -5.75. The Morgan fingerprint density at radius 1 is 1.00 bits per heavy atom. The number of nitrogens with zero attached hydrogens (tertiary/aromatic N) is 5. The number of anilines is 2. The number of pyridine rings is 1. The molecule has 0 radical (unpaired) electrons. The van der Waals surface area contributed by atoms with Crippen LogP contribution in [-0.2, 0) is 14.8 Å². The lowest BCUT2D eigenvalue weighted by Gasteiger charge is -2.56. The summed E-state index contributed by atoms with van der Waals surface area (Å²) in [6.45, 7) is 10.9. The number of H-pyrrole nitrogens is 1. The van der Waals surface area contributed by atoms with Gasteiger partial charge in [0.05, 0.1) is 41.4 Å². The van der Waals surface area contributed by atoms with E-state index in [0.29, 0.717) is 61.0 Å². The Kier molecular flexibility index (Phi) is 12.1. The van der Waals surface area contributed by atoms with Gasteiger partial charge in [0.2, 0.25) is 0 Å². The van der Waals surface area contributed by atoms with Crippen LogP contribution in [0.5, 0.6) is 17.2 Å². The average Bonchev–Trinajstić information content (AvgIpc) is 3.94. The van der Waals surface area contributed by atoms with Crippen molar-refractivity contribution in [1.82, 2.24) is 24.5 Å². The Morgan fingerprint density at radius 3 is 2.59 bits per heavy atom. The molecule has 0 unspecified atom stereocenters. The van der Waals surface area contributed by atoms with Crippen LogP contribution in [0.4, 0.5) is 17.1 Å². The summed E-state index contributed by atoms with van der Waals surface area (Å²) < 4.78 is 48.0. The molecule has 2 aromatic heterocycles. The molecular weight excluding hydrogens is 861 g/mol. The number of ether oxygens (including phenoxy) is 3. The first kappa shape index (κ1) is 44.1. The minimum Gasteiger partial charge on any atom is -0.491 e. The molecule has 1 aliphatic carbocycles. The highest BCUT2D eigenvalue weighted by Crippen LogP contribution is 2.54. The summed E-state index contributed by atoms with van der Waals surface area (Å²) in [5, 5.41) is 16.5. The van der Waals surface area contributed by atoms with Crippen molar-refractivity contribution in [1.29, 1.82) is 0 Å². The number of nitro groups is 1. The van der Waals surface area contributed by atoms with E-state index >= 15 is 0 Å². The van der Waals surface area contributed by atoms with Crippen LogP contribution in [-0.4, -0.2) is 110 Å². The fourth-order valence-corrected chi connectivity index (χ4v) is 12.0. The van der Waals surface area contributed by atoms with E-state index in [1.165, 1.54) is 42.9 Å². The van der Waals surface area contributed by atoms with Crippen LogP contribution in [0.1, 0.15) is 92.2 Å². The Bertz CT molecular complexity index is 2720. The van der Waals surface area contributed by atoms with Gasteiger partial charge in [-0.15, -0.1) is 0 Å². The fourth-order valence-electron chi connectivity index (χ4n) is 11.0. The highest BCUT2D eigenvalue weighted by atomic mass is 32.2. The molecule has 4 aliphatic heterocycles. The van der Waals surface area contributed by atoms with Crippen molar-refractivity contribution < 1.29 is 32.3 Å². The lowest BCUT2D eigenvalue weighted by molar-refractivity contribution is -0.384. The van der Waals surface area contributed by atoms with Crippen LogP contribution in [0, 0.1) is 15.5 Å². The van der Waals surface area contributed by atoms with Crippen molar-refractivity contribution in [3.8, 4) is 17.2 Å². The molecule has 1 saturated carbocycles. The van der Waals surface area contributed by atoms with Gasteiger partial charge in [0, 0.05) is 92.7 Å². The first-order valence-electron chi connectivity index (χ1n) is 23.4. The number of aromatic amines is 1. The molecule has 4 fully saturated rings. The second-order valence-corrected chi connectivity index (χ2v) is 20.7. The quantitative estimate of drug-likeness (QED) is 0.0809. The summed E-state index contributed by atoms with van der Waals surface area (Å²) >= 11 is 0. The molecule has 5 aliphatic rings. The van der Waals surface area contributed by atoms with Crippen LogP contribution in [0.3, 0.4) is 0 Å². The molecule has 17 heteroatoms. The largest absolute Gasteiger partial charge is 0.491 e. The third-order valence-electron chi connectivity index (χ3n) is 14.5. The number of nitro benzene ring substituents is 1. The highest BCUT2D eigenvalue weighted by Gasteiger charge is 2.50. The number of aromatic nitrogens is 2. The van der Waals surface area contributed by atoms with Gasteiger partial charge in [0.25, 0.3) is 21.6 Å². The lowest BCUT2D eigenvalue weighted by atomic mass is 9.59. The highest BCUT2D eigenvalue weighted by molar-refractivity contribution is 7.90. The second kappa shape index (κ2) is 18.1. The van der Waals surface area contributed by atoms with E-state index in [9.17, 15) is 23.3 Å². The van der Waals surface area contributed by atoms with E-state index < -0.39 is 31.4 Å². The number of carbonyl (C=O) groups excluding carboxylic acids is 1. The normalized spacial score (nSPS) is 21.5. The number of carbonyl (C=O) groups is 1. The molecule has 10 rings (SSSR count). The van der Waals surface area contributed by atoms with Gasteiger partial charge >= 0.3 is 0 Å². The number of sulfonamides is 1. The number of nitrogens with one attached hydrogen (secondary N) is 3. The summed E-state index contributed by atoms with van der Waals surface area (Å²) in [6.07, 6.45) is 10.8. The molecule has 3 saturated heterocycles. The van der Waals surface area contributed by atoms with Crippen molar-refractivity contribution >= 4 is 44.0 Å². The fraction of sp³-hybridized carbons (Fsp3) is 0.469. The number of likely N-dealkylation sites (tertiary alicyclic amines) is 1. The topological polar surface area (TPSA) is 184 Å². The summed E-state index contributed by atoms with van der Waals surface area (Å²) in [7, 11) is -4.65. The van der Waals surface area contributed by atoms with E-state index in [-0.39, 0.29) is 35.4 Å². The average molecular weight is 919 g/mol. The lowest BCUT2D eigenvalue weighted by Crippen LogP contribution is -2.54. The molecule has 1 amide bonds. The maximum atomic E-state index is 14.1. The molecule has 5 aromatic rings. The zero-order valence-corrected chi connectivity index (χ0v) is 38.4. The molecule has 66 heavy (non-hydrogen) atoms. The SMILES string of the molecule is CC(C)c1ccccc1[C@H]1CCCN1C1CC2(CCN(c3ccc(C(=O)NS(=O)(=O)c4cc5c(c([N+](=O)[O-])c4)N[C@@H](CN4CCOCC4)CCO5)c(Oc4cnc5[nH]ccc5c4)c3)CC2)C1. The number of piperidine rings is 1. The van der Waals surface area contributed by atoms with Crippen molar-refractivity contribution in [3.05, 3.63) is 106 Å². The van der Waals surface area contributed by atoms with E-state index in [0.717, 1.165) is 62.7 Å². The predicted molar refractivity (Wildman–Crippen MR) is 251 cm³/mol. The summed E-state index contributed by atoms with van der Waals surface area (Å²) in [5.74, 6) is 0.0734. The molecule has 0 bridgehead atoms. The van der Waals surface area contributed by atoms with Crippen molar-refractivity contribution in [3.63, 3.8) is 0 Å². The number of hydrogen-bond acceptors (Lipinski definition) is 13. The van der Waals surface area contributed by atoms with Gasteiger partial charge in [0.15, 0.2) is 11.4 Å². The second-order valence-electron chi connectivity index (χ2n) is 19.0. The standard InChI is InChI=1S/C49H58N8O8S/c1-32(2)39-6-3-4-7-40(39)42-8-5-16-56(42)36-28-49(29-36)13-17-55(18-14-49)35-9-10-41(44(25-35)65-37-24-33-11-15-50-47(33)51-30-37)48(58)53-66(61,62)38-26-43(57(59)60)46-45(27-38)64-21-12-34(52-46)31-54-19-22-63-23-20-54/h3-4,6-7,9-11,15,24-27,30,32,34,36,42,52H,5,8,12-14,16-23,28-29,31H2,1-2H3,(H,50,51)(H,53,58)/t34-,42-/m1/s1. The molecule has 6 heterocycles. The van der Waals surface area contributed by atoms with Gasteiger partial charge in [-0.3, -0.25) is 24.7 Å². The zero-order valence-electron chi connectivity index (χ0n) is 37.5. The van der Waals surface area contributed by atoms with E-state index in [4.69, 9.17) is 14.2 Å². The first-order chi connectivity index (χ1) is 31.9.